The van der Waals surface area contributed by atoms with Gasteiger partial charge in [-0.2, -0.15) is 0 Å². The van der Waals surface area contributed by atoms with Crippen molar-refractivity contribution < 1.29 is 39.5 Å². The van der Waals surface area contributed by atoms with Gasteiger partial charge < -0.3 is 25.2 Å². The molecular formula is C29H28O8. The van der Waals surface area contributed by atoms with Gasteiger partial charge in [-0.25, -0.2) is 0 Å². The van der Waals surface area contributed by atoms with Crippen LogP contribution in [-0.4, -0.2) is 50.5 Å². The van der Waals surface area contributed by atoms with Gasteiger partial charge in [0.25, 0.3) is 0 Å². The lowest BCUT2D eigenvalue weighted by atomic mass is 9.60. The first-order valence-electron chi connectivity index (χ1n) is 12.2. The Morgan fingerprint density at radius 3 is 2.38 bits per heavy atom. The fourth-order valence-electron chi connectivity index (χ4n) is 6.10. The number of rotatable bonds is 5. The number of fused-ring (bicyclic) bond motifs is 3. The van der Waals surface area contributed by atoms with E-state index in [1.54, 1.807) is 13.2 Å². The van der Waals surface area contributed by atoms with E-state index in [4.69, 9.17) is 4.74 Å². The molecule has 0 bridgehead atoms. The molecule has 0 amide bonds. The predicted octanol–water partition coefficient (Wildman–Crippen LogP) is 3.48. The first-order chi connectivity index (χ1) is 17.6. The molecule has 2 aromatic carbocycles. The minimum atomic E-state index is -2.48. The number of ether oxygens (including phenoxy) is 1. The van der Waals surface area contributed by atoms with Crippen LogP contribution >= 0.6 is 0 Å². The third-order valence-electron chi connectivity index (χ3n) is 7.99. The zero-order valence-corrected chi connectivity index (χ0v) is 20.6. The van der Waals surface area contributed by atoms with Crippen molar-refractivity contribution in [2.45, 2.75) is 44.6 Å². The standard InChI is InChI=1S/C29H28O8/c1-14(30)23-22(32)13-18-11-17-12-20-16(6-3-15-4-8-19(37-2)9-5-15)7-10-21(31)25(20)26(33)24(17)28(35)29(18,36)27(23)34/h4-5,7-10,17-18,31-32,35-36H,3,6,11-13H2,1-2H3/t17-,18+,29-/m1/s1. The molecule has 2 aromatic rings. The van der Waals surface area contributed by atoms with Crippen molar-refractivity contribution in [3.05, 3.63) is 81.3 Å². The number of Topliss-reactive ketones (excluding diaryl/α,β-unsaturated/α-hetero) is 3. The van der Waals surface area contributed by atoms with E-state index in [2.05, 4.69) is 0 Å². The third kappa shape index (κ3) is 3.74. The molecule has 37 heavy (non-hydrogen) atoms. The van der Waals surface area contributed by atoms with Crippen LogP contribution in [0.15, 0.2) is 59.1 Å². The maximum Gasteiger partial charge on any atom is 0.209 e. The van der Waals surface area contributed by atoms with Crippen LogP contribution in [0.5, 0.6) is 11.5 Å². The second-order valence-electron chi connectivity index (χ2n) is 10.0. The monoisotopic (exact) mass is 504 g/mol. The molecule has 0 heterocycles. The number of carbonyl (C=O) groups excluding carboxylic acids is 3. The molecular weight excluding hydrogens is 476 g/mol. The number of aryl methyl sites for hydroxylation is 2. The van der Waals surface area contributed by atoms with Crippen LogP contribution in [0.1, 0.15) is 46.8 Å². The summed E-state index contributed by atoms with van der Waals surface area (Å²) in [6.45, 7) is 1.09. The smallest absolute Gasteiger partial charge is 0.209 e. The molecule has 0 spiro atoms. The van der Waals surface area contributed by atoms with Crippen LogP contribution in [0.25, 0.3) is 0 Å². The van der Waals surface area contributed by atoms with Gasteiger partial charge in [-0.05, 0) is 73.4 Å². The van der Waals surface area contributed by atoms with Gasteiger partial charge >= 0.3 is 0 Å². The summed E-state index contributed by atoms with van der Waals surface area (Å²) in [5, 5.41) is 43.5. The topological polar surface area (TPSA) is 141 Å². The number of allylic oxidation sites excluding steroid dienone is 2. The number of methoxy groups -OCH3 is 1. The highest BCUT2D eigenvalue weighted by Crippen LogP contribution is 2.51. The summed E-state index contributed by atoms with van der Waals surface area (Å²) in [5.41, 5.74) is -0.457. The molecule has 0 unspecified atom stereocenters. The number of benzene rings is 2. The fourth-order valence-corrected chi connectivity index (χ4v) is 6.10. The van der Waals surface area contributed by atoms with Crippen molar-refractivity contribution in [1.82, 2.24) is 0 Å². The summed E-state index contributed by atoms with van der Waals surface area (Å²) >= 11 is 0. The second-order valence-corrected chi connectivity index (χ2v) is 10.0. The lowest BCUT2D eigenvalue weighted by Gasteiger charge is -2.45. The molecule has 192 valence electrons. The number of aromatic hydroxyl groups is 1. The SMILES string of the molecule is COc1ccc(CCc2ccc(O)c3c2C[C@H]2C[C@H]4CC(O)=C(C(C)=O)C(=O)[C@@]4(O)C(O)=C2C3=O)cc1. The van der Waals surface area contributed by atoms with Gasteiger partial charge in [0.1, 0.15) is 28.6 Å². The van der Waals surface area contributed by atoms with E-state index in [1.165, 1.54) is 6.07 Å². The lowest BCUT2D eigenvalue weighted by Crippen LogP contribution is -2.56. The van der Waals surface area contributed by atoms with Crippen molar-refractivity contribution in [3.8, 4) is 11.5 Å². The Balaban J connectivity index is 1.53. The van der Waals surface area contributed by atoms with Gasteiger partial charge in [0, 0.05) is 17.9 Å². The van der Waals surface area contributed by atoms with Gasteiger partial charge in [-0.1, -0.05) is 18.2 Å². The van der Waals surface area contributed by atoms with Crippen LogP contribution in [0.4, 0.5) is 0 Å². The van der Waals surface area contributed by atoms with E-state index in [0.717, 1.165) is 23.8 Å². The Kier molecular flexibility index (Phi) is 5.95. The molecule has 4 N–H and O–H groups in total. The fraction of sp³-hybridized carbons (Fsp3) is 0.345. The first kappa shape index (κ1) is 24.8. The van der Waals surface area contributed by atoms with Gasteiger partial charge in [-0.3, -0.25) is 14.4 Å². The Hall–Kier alpha value is -3.91. The molecule has 8 nitrogen and oxygen atoms in total. The van der Waals surface area contributed by atoms with Crippen molar-refractivity contribution in [2.75, 3.05) is 7.11 Å². The Morgan fingerprint density at radius 1 is 1.03 bits per heavy atom. The quantitative estimate of drug-likeness (QED) is 0.454. The normalized spacial score (nSPS) is 24.9. The minimum absolute atomic E-state index is 0.0560. The molecule has 3 aliphatic rings. The Morgan fingerprint density at radius 2 is 1.73 bits per heavy atom. The second kappa shape index (κ2) is 8.88. The number of phenolic OH excluding ortho intramolecular Hbond substituents is 1. The maximum absolute atomic E-state index is 13.6. The van der Waals surface area contributed by atoms with Crippen LogP contribution in [-0.2, 0) is 28.9 Å². The van der Waals surface area contributed by atoms with Gasteiger partial charge in [-0.15, -0.1) is 0 Å². The van der Waals surface area contributed by atoms with Crippen LogP contribution < -0.4 is 4.74 Å². The van der Waals surface area contributed by atoms with Crippen LogP contribution in [0, 0.1) is 11.8 Å². The zero-order valence-electron chi connectivity index (χ0n) is 20.6. The van der Waals surface area contributed by atoms with E-state index >= 15 is 0 Å². The van der Waals surface area contributed by atoms with Crippen LogP contribution in [0.3, 0.4) is 0 Å². The molecule has 3 aliphatic carbocycles. The van der Waals surface area contributed by atoms with E-state index < -0.39 is 51.9 Å². The molecule has 0 radical (unpaired) electrons. The number of carbonyl (C=O) groups is 3. The average molecular weight is 505 g/mol. The number of hydrogen-bond acceptors (Lipinski definition) is 8. The number of phenols is 1. The van der Waals surface area contributed by atoms with Crippen molar-refractivity contribution >= 4 is 17.3 Å². The molecule has 0 aromatic heterocycles. The molecule has 8 heteroatoms. The lowest BCUT2D eigenvalue weighted by molar-refractivity contribution is -0.144. The summed E-state index contributed by atoms with van der Waals surface area (Å²) in [6.07, 6.45) is 1.60. The zero-order chi connectivity index (χ0) is 26.6. The molecule has 5 rings (SSSR count). The van der Waals surface area contributed by atoms with E-state index in [-0.39, 0.29) is 29.7 Å². The highest BCUT2D eigenvalue weighted by Gasteiger charge is 2.59. The first-order valence-corrected chi connectivity index (χ1v) is 12.2. The highest BCUT2D eigenvalue weighted by molar-refractivity contribution is 6.25. The van der Waals surface area contributed by atoms with E-state index in [9.17, 15) is 34.8 Å². The summed E-state index contributed by atoms with van der Waals surface area (Å²) < 4.78 is 5.20. The molecule has 3 atom stereocenters. The molecule has 0 fully saturated rings. The Labute approximate surface area is 213 Å². The minimum Gasteiger partial charge on any atom is -0.511 e. The third-order valence-corrected chi connectivity index (χ3v) is 7.99. The Bertz CT molecular complexity index is 1400. The average Bonchev–Trinajstić information content (AvgIpc) is 2.86. The molecule has 0 saturated heterocycles. The summed E-state index contributed by atoms with van der Waals surface area (Å²) in [4.78, 5) is 38.7. The number of aliphatic hydroxyl groups is 3. The highest BCUT2D eigenvalue weighted by atomic mass is 16.5. The maximum atomic E-state index is 13.6. The number of aliphatic hydroxyl groups excluding tert-OH is 2. The summed E-state index contributed by atoms with van der Waals surface area (Å²) in [6, 6.07) is 10.9. The van der Waals surface area contributed by atoms with Crippen LogP contribution in [0.2, 0.25) is 0 Å². The van der Waals surface area contributed by atoms with E-state index in [0.29, 0.717) is 24.8 Å². The van der Waals surface area contributed by atoms with Crippen molar-refractivity contribution in [3.63, 3.8) is 0 Å². The van der Waals surface area contributed by atoms with Gasteiger partial charge in [0.2, 0.25) is 5.78 Å². The number of ketones is 3. The number of hydrogen-bond donors (Lipinski definition) is 4. The summed E-state index contributed by atoms with van der Waals surface area (Å²) in [7, 11) is 1.60. The molecule has 0 aliphatic heterocycles. The predicted molar refractivity (Wildman–Crippen MR) is 133 cm³/mol. The van der Waals surface area contributed by atoms with Gasteiger partial charge in [0.15, 0.2) is 17.2 Å². The van der Waals surface area contributed by atoms with Gasteiger partial charge in [0.05, 0.1) is 12.7 Å². The van der Waals surface area contributed by atoms with E-state index in [1.807, 2.05) is 24.3 Å². The largest absolute Gasteiger partial charge is 0.511 e. The molecule has 0 saturated carbocycles. The summed E-state index contributed by atoms with van der Waals surface area (Å²) in [5.74, 6) is -4.58. The van der Waals surface area contributed by atoms with Crippen molar-refractivity contribution in [1.29, 1.82) is 0 Å². The van der Waals surface area contributed by atoms with Crippen molar-refractivity contribution in [2.24, 2.45) is 11.8 Å².